The molecule has 4 aromatic rings. The molecule has 7 heteroatoms. The second kappa shape index (κ2) is 10.9. The van der Waals surface area contributed by atoms with Crippen molar-refractivity contribution in [1.82, 2.24) is 5.32 Å². The molecule has 0 bridgehead atoms. The van der Waals surface area contributed by atoms with E-state index in [0.717, 1.165) is 26.1 Å². The number of halogens is 2. The Labute approximate surface area is 227 Å². The van der Waals surface area contributed by atoms with Crippen molar-refractivity contribution >= 4 is 51.7 Å². The van der Waals surface area contributed by atoms with Crippen molar-refractivity contribution in [3.8, 4) is 11.1 Å². The molecular formula is C29H21BrClNO3S. The average Bonchev–Trinajstić information content (AvgIpc) is 3.23. The highest BCUT2D eigenvalue weighted by Gasteiger charge is 2.29. The zero-order valence-electron chi connectivity index (χ0n) is 19.0. The van der Waals surface area contributed by atoms with Gasteiger partial charge in [0.05, 0.1) is 5.02 Å². The molecule has 36 heavy (non-hydrogen) atoms. The fraction of sp³-hybridized carbons (Fsp3) is 0.103. The predicted octanol–water partition coefficient (Wildman–Crippen LogP) is 8.10. The van der Waals surface area contributed by atoms with Gasteiger partial charge in [0.25, 0.3) is 0 Å². The first-order valence-electron chi connectivity index (χ1n) is 11.3. The zero-order valence-corrected chi connectivity index (χ0v) is 22.2. The van der Waals surface area contributed by atoms with Crippen molar-refractivity contribution in [3.05, 3.63) is 117 Å². The molecule has 0 fully saturated rings. The number of nitrogens with one attached hydrogen (secondary N) is 1. The zero-order chi connectivity index (χ0) is 25.1. The van der Waals surface area contributed by atoms with Gasteiger partial charge in [0, 0.05) is 32.3 Å². The molecule has 0 saturated heterocycles. The summed E-state index contributed by atoms with van der Waals surface area (Å²) < 4.78 is 6.40. The quantitative estimate of drug-likeness (QED) is 0.225. The fourth-order valence-corrected chi connectivity index (χ4v) is 6.25. The van der Waals surface area contributed by atoms with Crippen LogP contribution in [0.5, 0.6) is 0 Å². The molecule has 0 aromatic heterocycles. The summed E-state index contributed by atoms with van der Waals surface area (Å²) in [6.07, 6.45) is 0.322. The summed E-state index contributed by atoms with van der Waals surface area (Å²) in [5.74, 6) is -0.00349. The van der Waals surface area contributed by atoms with Gasteiger partial charge in [-0.1, -0.05) is 96.2 Å². The third kappa shape index (κ3) is 4.94. The average molecular weight is 579 g/mol. The molecule has 180 valence electrons. The highest BCUT2D eigenvalue weighted by molar-refractivity contribution is 9.10. The van der Waals surface area contributed by atoms with Gasteiger partial charge in [0.15, 0.2) is 6.29 Å². The van der Waals surface area contributed by atoms with Crippen molar-refractivity contribution < 1.29 is 14.3 Å². The lowest BCUT2D eigenvalue weighted by atomic mass is 9.98. The second-order valence-electron chi connectivity index (χ2n) is 8.29. The van der Waals surface area contributed by atoms with Gasteiger partial charge in [-0.25, -0.2) is 4.79 Å². The van der Waals surface area contributed by atoms with Crippen molar-refractivity contribution in [2.75, 3.05) is 6.61 Å². The molecule has 0 radical (unpaired) electrons. The number of benzene rings is 4. The topological polar surface area (TPSA) is 55.4 Å². The van der Waals surface area contributed by atoms with Crippen LogP contribution in [0.15, 0.2) is 99.2 Å². The van der Waals surface area contributed by atoms with Gasteiger partial charge in [0.2, 0.25) is 0 Å². The molecule has 0 aliphatic heterocycles. The first-order chi connectivity index (χ1) is 17.6. The van der Waals surface area contributed by atoms with Crippen LogP contribution in [0.4, 0.5) is 4.79 Å². The molecule has 1 N–H and O–H groups in total. The third-order valence-corrected chi connectivity index (χ3v) is 8.81. The fourth-order valence-electron chi connectivity index (χ4n) is 4.42. The smallest absolute Gasteiger partial charge is 0.407 e. The van der Waals surface area contributed by atoms with Gasteiger partial charge >= 0.3 is 6.09 Å². The maximum Gasteiger partial charge on any atom is 0.407 e. The lowest BCUT2D eigenvalue weighted by Crippen LogP contribution is -2.26. The Kier molecular flexibility index (Phi) is 7.46. The van der Waals surface area contributed by atoms with Crippen LogP contribution in [0.25, 0.3) is 11.1 Å². The SMILES string of the molecule is O=Cc1ccccc1Sc1c(CNC(=O)OCC2c3ccccc3-c3ccccc32)ccc(Br)c1Cl. The molecule has 0 saturated carbocycles. The van der Waals surface area contributed by atoms with E-state index in [2.05, 4.69) is 45.5 Å². The van der Waals surface area contributed by atoms with E-state index < -0.39 is 6.09 Å². The van der Waals surface area contributed by atoms with Gasteiger partial charge in [-0.2, -0.15) is 0 Å². The largest absolute Gasteiger partial charge is 0.449 e. The number of carbonyl (C=O) groups is 2. The number of hydrogen-bond donors (Lipinski definition) is 1. The Morgan fingerprint density at radius 1 is 0.944 bits per heavy atom. The van der Waals surface area contributed by atoms with Gasteiger partial charge < -0.3 is 10.1 Å². The Morgan fingerprint density at radius 3 is 2.28 bits per heavy atom. The van der Waals surface area contributed by atoms with E-state index in [1.807, 2.05) is 54.6 Å². The first kappa shape index (κ1) is 24.6. The Morgan fingerprint density at radius 2 is 1.58 bits per heavy atom. The summed E-state index contributed by atoms with van der Waals surface area (Å²) in [5, 5.41) is 3.38. The molecule has 0 unspecified atom stereocenters. The minimum Gasteiger partial charge on any atom is -0.449 e. The minimum absolute atomic E-state index is 0.00349. The summed E-state index contributed by atoms with van der Waals surface area (Å²) in [4.78, 5) is 25.7. The van der Waals surface area contributed by atoms with E-state index in [9.17, 15) is 9.59 Å². The Bertz CT molecular complexity index is 1410. The molecule has 4 aromatic carbocycles. The third-order valence-electron chi connectivity index (χ3n) is 6.16. The normalized spacial score (nSPS) is 12.1. The van der Waals surface area contributed by atoms with Crippen LogP contribution in [-0.4, -0.2) is 19.0 Å². The number of ether oxygens (including phenoxy) is 1. The summed E-state index contributed by atoms with van der Waals surface area (Å²) in [7, 11) is 0. The number of aldehydes is 1. The summed E-state index contributed by atoms with van der Waals surface area (Å²) in [5.41, 5.74) is 6.10. The number of carbonyl (C=O) groups excluding carboxylic acids is 2. The Hall–Kier alpha value is -3.06. The molecule has 5 rings (SSSR count). The Balaban J connectivity index is 1.29. The molecule has 1 amide bonds. The molecule has 4 nitrogen and oxygen atoms in total. The number of hydrogen-bond acceptors (Lipinski definition) is 4. The highest BCUT2D eigenvalue weighted by Crippen LogP contribution is 2.44. The van der Waals surface area contributed by atoms with E-state index in [-0.39, 0.29) is 19.1 Å². The molecule has 1 aliphatic carbocycles. The van der Waals surface area contributed by atoms with Crippen LogP contribution in [0.1, 0.15) is 33.0 Å². The molecular weight excluding hydrogens is 558 g/mol. The van der Waals surface area contributed by atoms with E-state index in [1.165, 1.54) is 34.0 Å². The van der Waals surface area contributed by atoms with Crippen LogP contribution in [0.2, 0.25) is 5.02 Å². The highest BCUT2D eigenvalue weighted by atomic mass is 79.9. The van der Waals surface area contributed by atoms with Gasteiger partial charge in [-0.05, 0) is 55.9 Å². The predicted molar refractivity (Wildman–Crippen MR) is 147 cm³/mol. The van der Waals surface area contributed by atoms with E-state index >= 15 is 0 Å². The number of rotatable bonds is 7. The summed E-state index contributed by atoms with van der Waals surface area (Å²) in [6.45, 7) is 0.477. The van der Waals surface area contributed by atoms with Gasteiger partial charge in [-0.15, -0.1) is 0 Å². The lowest BCUT2D eigenvalue weighted by Gasteiger charge is -2.16. The van der Waals surface area contributed by atoms with Crippen molar-refractivity contribution in [2.24, 2.45) is 0 Å². The number of alkyl carbamates (subject to hydrolysis) is 1. The summed E-state index contributed by atoms with van der Waals surface area (Å²) >= 11 is 11.5. The standard InChI is InChI=1S/C29H21BrClNO3S/c30-25-14-13-18(28(27(25)31)36-26-12-6-1-7-19(26)16-33)15-32-29(34)35-17-24-22-10-4-2-8-20(22)21-9-3-5-11-23(21)24/h1-14,16,24H,15,17H2,(H,32,34). The van der Waals surface area contributed by atoms with Crippen LogP contribution in [-0.2, 0) is 11.3 Å². The molecule has 0 atom stereocenters. The van der Waals surface area contributed by atoms with E-state index in [1.54, 1.807) is 6.07 Å². The van der Waals surface area contributed by atoms with Crippen LogP contribution in [0.3, 0.4) is 0 Å². The first-order valence-corrected chi connectivity index (χ1v) is 13.3. The molecule has 0 heterocycles. The molecule has 0 spiro atoms. The monoisotopic (exact) mass is 577 g/mol. The van der Waals surface area contributed by atoms with Gasteiger partial charge in [-0.3, -0.25) is 4.79 Å². The lowest BCUT2D eigenvalue weighted by molar-refractivity contribution is 0.112. The van der Waals surface area contributed by atoms with Crippen LogP contribution >= 0.6 is 39.3 Å². The van der Waals surface area contributed by atoms with Crippen molar-refractivity contribution in [1.29, 1.82) is 0 Å². The van der Waals surface area contributed by atoms with E-state index in [4.69, 9.17) is 16.3 Å². The van der Waals surface area contributed by atoms with Crippen LogP contribution in [0, 0.1) is 0 Å². The van der Waals surface area contributed by atoms with Gasteiger partial charge in [0.1, 0.15) is 6.61 Å². The number of fused-ring (bicyclic) bond motifs is 3. The molecule has 1 aliphatic rings. The van der Waals surface area contributed by atoms with E-state index in [0.29, 0.717) is 10.6 Å². The van der Waals surface area contributed by atoms with Crippen molar-refractivity contribution in [2.45, 2.75) is 22.3 Å². The second-order valence-corrected chi connectivity index (χ2v) is 10.6. The maximum absolute atomic E-state index is 12.7. The number of amides is 1. The summed E-state index contributed by atoms with van der Waals surface area (Å²) in [6, 6.07) is 27.5. The van der Waals surface area contributed by atoms with Crippen LogP contribution < -0.4 is 5.32 Å². The van der Waals surface area contributed by atoms with Crippen molar-refractivity contribution in [3.63, 3.8) is 0 Å². The minimum atomic E-state index is -0.500. The maximum atomic E-state index is 12.7.